The Morgan fingerprint density at radius 2 is 2.16 bits per heavy atom. The Kier molecular flexibility index (Phi) is 3.66. The number of nitrogens with zero attached hydrogens (tertiary/aromatic N) is 2. The Morgan fingerprint density at radius 1 is 1.47 bits per heavy atom. The Labute approximate surface area is 111 Å². The molecule has 0 aliphatic carbocycles. The van der Waals surface area contributed by atoms with Crippen LogP contribution in [0.5, 0.6) is 0 Å². The molecule has 1 aromatic rings. The number of hydrogen-bond acceptors (Lipinski definition) is 5. The zero-order chi connectivity index (χ0) is 14.2. The minimum Gasteiger partial charge on any atom is -0.464 e. The Balaban J connectivity index is 2.37. The molecule has 0 amide bonds. The van der Waals surface area contributed by atoms with Gasteiger partial charge in [-0.3, -0.25) is 0 Å². The zero-order valence-corrected chi connectivity index (χ0v) is 11.6. The summed E-state index contributed by atoms with van der Waals surface area (Å²) >= 11 is 0. The zero-order valence-electron chi connectivity index (χ0n) is 10.7. The lowest BCUT2D eigenvalue weighted by molar-refractivity contribution is 0.0589. The molecule has 0 aromatic carbocycles. The topological polar surface area (TPSA) is 88.8 Å². The van der Waals surface area contributed by atoms with Crippen molar-refractivity contribution in [2.45, 2.75) is 17.6 Å². The van der Waals surface area contributed by atoms with Gasteiger partial charge >= 0.3 is 5.97 Å². The molecule has 2 rings (SSSR count). The number of rotatable bonds is 3. The maximum absolute atomic E-state index is 12.4. The summed E-state index contributed by atoms with van der Waals surface area (Å²) in [5.41, 5.74) is 0.167. The van der Waals surface area contributed by atoms with Gasteiger partial charge in [-0.15, -0.1) is 0 Å². The van der Waals surface area contributed by atoms with Crippen LogP contribution in [0.25, 0.3) is 0 Å². The number of β-amino-alcohol motifs (C(OH)–C–C–N with tert-alkyl or cyclic N) is 1. The van der Waals surface area contributed by atoms with Crippen molar-refractivity contribution in [3.05, 3.63) is 17.8 Å². The first-order valence-corrected chi connectivity index (χ1v) is 7.24. The van der Waals surface area contributed by atoms with Crippen LogP contribution >= 0.6 is 0 Å². The lowest BCUT2D eigenvalue weighted by atomic mass is 10.3. The van der Waals surface area contributed by atoms with Crippen LogP contribution in [0, 0.1) is 0 Å². The van der Waals surface area contributed by atoms with Crippen LogP contribution in [0.4, 0.5) is 0 Å². The Bertz CT molecular complexity index is 592. The molecule has 1 aliphatic heterocycles. The highest BCUT2D eigenvalue weighted by Gasteiger charge is 2.34. The van der Waals surface area contributed by atoms with Gasteiger partial charge in [0.05, 0.1) is 13.2 Å². The van der Waals surface area contributed by atoms with Gasteiger partial charge in [0.15, 0.2) is 5.03 Å². The van der Waals surface area contributed by atoms with Gasteiger partial charge in [0.1, 0.15) is 5.69 Å². The van der Waals surface area contributed by atoms with Crippen LogP contribution in [0.15, 0.2) is 17.2 Å². The summed E-state index contributed by atoms with van der Waals surface area (Å²) in [6, 6.07) is 2.78. The first-order valence-electron chi connectivity index (χ1n) is 5.80. The van der Waals surface area contributed by atoms with Gasteiger partial charge in [-0.1, -0.05) is 0 Å². The van der Waals surface area contributed by atoms with E-state index >= 15 is 0 Å². The van der Waals surface area contributed by atoms with Gasteiger partial charge in [-0.05, 0) is 18.6 Å². The average molecular weight is 288 g/mol. The second kappa shape index (κ2) is 4.95. The maximum atomic E-state index is 12.4. The van der Waals surface area contributed by atoms with Crippen molar-refractivity contribution in [2.75, 3.05) is 20.2 Å². The minimum absolute atomic E-state index is 0.0157. The summed E-state index contributed by atoms with van der Waals surface area (Å²) < 4.78 is 31.8. The summed E-state index contributed by atoms with van der Waals surface area (Å²) in [6.45, 7) is 0.364. The predicted molar refractivity (Wildman–Crippen MR) is 66.1 cm³/mol. The number of aliphatic hydroxyl groups is 1. The molecule has 1 saturated heterocycles. The number of sulfonamides is 1. The number of aromatic nitrogens is 1. The van der Waals surface area contributed by atoms with Crippen LogP contribution in [0.3, 0.4) is 0 Å². The van der Waals surface area contributed by atoms with Crippen LogP contribution < -0.4 is 0 Å². The lowest BCUT2D eigenvalue weighted by Gasteiger charge is -2.16. The number of methoxy groups -OCH3 is 1. The van der Waals surface area contributed by atoms with E-state index in [1.807, 2.05) is 0 Å². The molecule has 0 spiro atoms. The van der Waals surface area contributed by atoms with E-state index in [-0.39, 0.29) is 23.8 Å². The molecule has 1 atom stereocenters. The molecule has 0 unspecified atom stereocenters. The molecule has 1 fully saturated rings. The fraction of sp³-hybridized carbons (Fsp3) is 0.545. The second-order valence-corrected chi connectivity index (χ2v) is 6.30. The van der Waals surface area contributed by atoms with E-state index in [4.69, 9.17) is 0 Å². The largest absolute Gasteiger partial charge is 0.464 e. The third kappa shape index (κ3) is 2.38. The van der Waals surface area contributed by atoms with Crippen molar-refractivity contribution in [1.82, 2.24) is 8.87 Å². The van der Waals surface area contributed by atoms with E-state index in [0.717, 1.165) is 0 Å². The molecule has 1 aliphatic rings. The number of ether oxygens (including phenoxy) is 1. The third-order valence-corrected chi connectivity index (χ3v) is 5.15. The Morgan fingerprint density at radius 3 is 2.68 bits per heavy atom. The average Bonchev–Trinajstić information content (AvgIpc) is 2.95. The third-order valence-electron chi connectivity index (χ3n) is 3.20. The first kappa shape index (κ1) is 14.0. The first-order chi connectivity index (χ1) is 8.87. The van der Waals surface area contributed by atoms with E-state index in [0.29, 0.717) is 6.42 Å². The van der Waals surface area contributed by atoms with Gasteiger partial charge in [0.25, 0.3) is 10.0 Å². The number of carbonyl (C=O) groups is 1. The number of aliphatic hydroxyl groups excluding tert-OH is 1. The van der Waals surface area contributed by atoms with Gasteiger partial charge in [-0.25, -0.2) is 13.2 Å². The molecule has 106 valence electrons. The van der Waals surface area contributed by atoms with Gasteiger partial charge in [0, 0.05) is 20.1 Å². The summed E-state index contributed by atoms with van der Waals surface area (Å²) in [5.74, 6) is -0.592. The van der Waals surface area contributed by atoms with Crippen LogP contribution in [-0.4, -0.2) is 54.7 Å². The molecule has 0 bridgehead atoms. The van der Waals surface area contributed by atoms with Crippen molar-refractivity contribution < 1.29 is 23.1 Å². The fourth-order valence-corrected chi connectivity index (χ4v) is 3.79. The van der Waals surface area contributed by atoms with E-state index in [1.165, 1.54) is 35.2 Å². The second-order valence-electron chi connectivity index (χ2n) is 4.41. The van der Waals surface area contributed by atoms with E-state index in [1.54, 1.807) is 0 Å². The van der Waals surface area contributed by atoms with Gasteiger partial charge in [-0.2, -0.15) is 4.31 Å². The summed E-state index contributed by atoms with van der Waals surface area (Å²) in [7, 11) is -0.967. The SMILES string of the molecule is COC(=O)c1ccc(S(=O)(=O)N2CC[C@H](O)C2)n1C. The van der Waals surface area contributed by atoms with Crippen molar-refractivity contribution in [1.29, 1.82) is 0 Å². The van der Waals surface area contributed by atoms with E-state index in [2.05, 4.69) is 4.74 Å². The normalized spacial score (nSPS) is 20.7. The highest BCUT2D eigenvalue weighted by Crippen LogP contribution is 2.22. The molecule has 7 nitrogen and oxygen atoms in total. The standard InChI is InChI=1S/C11H16N2O5S/c1-12-9(11(15)18-2)3-4-10(12)19(16,17)13-6-5-8(14)7-13/h3-4,8,14H,5-7H2,1-2H3/t8-/m0/s1. The lowest BCUT2D eigenvalue weighted by Crippen LogP contribution is -2.31. The Hall–Kier alpha value is -1.38. The molecule has 8 heteroatoms. The molecule has 0 radical (unpaired) electrons. The number of hydrogen-bond donors (Lipinski definition) is 1. The molecule has 0 saturated carbocycles. The monoisotopic (exact) mass is 288 g/mol. The quantitative estimate of drug-likeness (QED) is 0.762. The van der Waals surface area contributed by atoms with Crippen molar-refractivity contribution in [2.24, 2.45) is 7.05 Å². The van der Waals surface area contributed by atoms with Crippen LogP contribution in [-0.2, 0) is 21.8 Å². The number of esters is 1. The van der Waals surface area contributed by atoms with Crippen LogP contribution in [0.2, 0.25) is 0 Å². The summed E-state index contributed by atoms with van der Waals surface area (Å²) in [4.78, 5) is 11.5. The minimum atomic E-state index is -3.69. The van der Waals surface area contributed by atoms with Gasteiger partial charge < -0.3 is 14.4 Å². The van der Waals surface area contributed by atoms with Crippen molar-refractivity contribution >= 4 is 16.0 Å². The van der Waals surface area contributed by atoms with Crippen molar-refractivity contribution in [3.8, 4) is 0 Å². The highest BCUT2D eigenvalue weighted by atomic mass is 32.2. The van der Waals surface area contributed by atoms with E-state index < -0.39 is 22.1 Å². The molecular weight excluding hydrogens is 272 g/mol. The molecule has 2 heterocycles. The molecule has 1 aromatic heterocycles. The smallest absolute Gasteiger partial charge is 0.354 e. The van der Waals surface area contributed by atoms with E-state index in [9.17, 15) is 18.3 Å². The maximum Gasteiger partial charge on any atom is 0.354 e. The predicted octanol–water partition coefficient (Wildman–Crippen LogP) is -0.433. The molecule has 19 heavy (non-hydrogen) atoms. The summed E-state index contributed by atoms with van der Waals surface area (Å²) in [6.07, 6.45) is -0.205. The molecular formula is C11H16N2O5S. The fourth-order valence-electron chi connectivity index (χ4n) is 2.12. The molecule has 1 N–H and O–H groups in total. The number of carbonyl (C=O) groups excluding carboxylic acids is 1. The van der Waals surface area contributed by atoms with Crippen LogP contribution in [0.1, 0.15) is 16.9 Å². The van der Waals surface area contributed by atoms with Crippen molar-refractivity contribution in [3.63, 3.8) is 0 Å². The summed E-state index contributed by atoms with van der Waals surface area (Å²) in [5, 5.41) is 9.44. The van der Waals surface area contributed by atoms with Gasteiger partial charge in [0.2, 0.25) is 0 Å². The highest BCUT2D eigenvalue weighted by molar-refractivity contribution is 7.89.